The Morgan fingerprint density at radius 1 is 1.43 bits per heavy atom. The van der Waals surface area contributed by atoms with E-state index in [0.29, 0.717) is 22.2 Å². The van der Waals surface area contributed by atoms with Gasteiger partial charge in [0.1, 0.15) is 17.5 Å². The molecule has 0 bridgehead atoms. The second-order valence-electron chi connectivity index (χ2n) is 4.76. The first kappa shape index (κ1) is 16.6. The number of nitriles is 1. The van der Waals surface area contributed by atoms with Crippen LogP contribution in [-0.2, 0) is 4.79 Å². The number of aromatic nitrogens is 1. The van der Waals surface area contributed by atoms with Gasteiger partial charge in [-0.25, -0.2) is 4.98 Å². The average Bonchev–Trinajstić information content (AvgIpc) is 2.55. The Morgan fingerprint density at radius 3 is 2.83 bits per heavy atom. The zero-order valence-electron chi connectivity index (χ0n) is 12.7. The highest BCUT2D eigenvalue weighted by atomic mass is 35.5. The number of carbonyl (C=O) groups excluding carboxylic acids is 1. The summed E-state index contributed by atoms with van der Waals surface area (Å²) in [5.74, 6) is 0.308. The van der Waals surface area contributed by atoms with Crippen LogP contribution < -0.4 is 15.0 Å². The maximum Gasteiger partial charge on any atom is 0.243 e. The highest BCUT2D eigenvalue weighted by Gasteiger charge is 2.11. The van der Waals surface area contributed by atoms with E-state index in [9.17, 15) is 4.79 Å². The minimum absolute atomic E-state index is 0.114. The molecular formula is C16H15ClN4O2. The number of benzene rings is 1. The maximum absolute atomic E-state index is 12.2. The number of anilines is 2. The van der Waals surface area contributed by atoms with Gasteiger partial charge in [-0.1, -0.05) is 11.6 Å². The van der Waals surface area contributed by atoms with Gasteiger partial charge in [0.15, 0.2) is 0 Å². The van der Waals surface area contributed by atoms with Gasteiger partial charge in [0.05, 0.1) is 31.2 Å². The first-order valence-electron chi connectivity index (χ1n) is 6.74. The molecule has 6 nitrogen and oxygen atoms in total. The highest BCUT2D eigenvalue weighted by Crippen LogP contribution is 2.27. The van der Waals surface area contributed by atoms with E-state index in [1.54, 1.807) is 48.5 Å². The molecule has 1 aromatic heterocycles. The van der Waals surface area contributed by atoms with Crippen molar-refractivity contribution in [1.82, 2.24) is 4.98 Å². The van der Waals surface area contributed by atoms with Crippen molar-refractivity contribution in [3.8, 4) is 11.8 Å². The van der Waals surface area contributed by atoms with Crippen LogP contribution in [0.15, 0.2) is 36.5 Å². The summed E-state index contributed by atoms with van der Waals surface area (Å²) in [4.78, 5) is 17.9. The first-order valence-corrected chi connectivity index (χ1v) is 7.12. The summed E-state index contributed by atoms with van der Waals surface area (Å²) in [7, 11) is 3.28. The van der Waals surface area contributed by atoms with E-state index in [0.717, 1.165) is 5.69 Å². The molecule has 0 aliphatic rings. The van der Waals surface area contributed by atoms with Gasteiger partial charge < -0.3 is 15.0 Å². The number of nitrogens with zero attached hydrogens (tertiary/aromatic N) is 3. The molecule has 1 aromatic carbocycles. The van der Waals surface area contributed by atoms with Crippen molar-refractivity contribution in [3.05, 3.63) is 47.2 Å². The van der Waals surface area contributed by atoms with Crippen LogP contribution in [0, 0.1) is 11.3 Å². The zero-order chi connectivity index (χ0) is 16.8. The van der Waals surface area contributed by atoms with E-state index in [1.807, 2.05) is 6.07 Å². The molecule has 0 aliphatic carbocycles. The summed E-state index contributed by atoms with van der Waals surface area (Å²) >= 11 is 5.94. The Hall–Kier alpha value is -2.78. The molecular weight excluding hydrogens is 316 g/mol. The van der Waals surface area contributed by atoms with Crippen LogP contribution in [0.5, 0.6) is 5.75 Å². The molecule has 2 rings (SSSR count). The van der Waals surface area contributed by atoms with Gasteiger partial charge in [-0.2, -0.15) is 5.26 Å². The van der Waals surface area contributed by atoms with Gasteiger partial charge in [0.25, 0.3) is 0 Å². The van der Waals surface area contributed by atoms with Crippen molar-refractivity contribution in [2.45, 2.75) is 0 Å². The van der Waals surface area contributed by atoms with E-state index in [1.165, 1.54) is 7.11 Å². The number of halogens is 1. The molecule has 1 heterocycles. The van der Waals surface area contributed by atoms with E-state index in [4.69, 9.17) is 21.6 Å². The summed E-state index contributed by atoms with van der Waals surface area (Å²) in [5, 5.41) is 12.0. The van der Waals surface area contributed by atoms with Crippen molar-refractivity contribution >= 4 is 28.9 Å². The normalized spacial score (nSPS) is 9.83. The fraction of sp³-hybridized carbons (Fsp3) is 0.188. The number of hydrogen-bond donors (Lipinski definition) is 1. The second kappa shape index (κ2) is 7.47. The Morgan fingerprint density at radius 2 is 2.22 bits per heavy atom. The minimum atomic E-state index is -0.225. The predicted octanol–water partition coefficient (Wildman–Crippen LogP) is 2.69. The molecule has 1 N–H and O–H groups in total. The molecule has 7 heteroatoms. The predicted molar refractivity (Wildman–Crippen MR) is 88.9 cm³/mol. The number of methoxy groups -OCH3 is 1. The lowest BCUT2D eigenvalue weighted by Crippen LogP contribution is -2.30. The third-order valence-corrected chi connectivity index (χ3v) is 3.35. The average molecular weight is 331 g/mol. The third-order valence-electron chi connectivity index (χ3n) is 3.12. The van der Waals surface area contributed by atoms with Crippen molar-refractivity contribution in [3.63, 3.8) is 0 Å². The number of nitrogens with one attached hydrogen (secondary N) is 1. The van der Waals surface area contributed by atoms with Crippen molar-refractivity contribution in [2.24, 2.45) is 0 Å². The summed E-state index contributed by atoms with van der Waals surface area (Å²) < 4.78 is 5.19. The molecule has 0 saturated heterocycles. The SMILES string of the molecule is COc1ccc(Cl)cc1NC(=O)CN(C)c1ccc(C#N)nc1. The zero-order valence-corrected chi connectivity index (χ0v) is 13.5. The van der Waals surface area contributed by atoms with Gasteiger partial charge >= 0.3 is 0 Å². The number of amides is 1. The molecule has 0 radical (unpaired) electrons. The van der Waals surface area contributed by atoms with E-state index in [2.05, 4.69) is 10.3 Å². The van der Waals surface area contributed by atoms with Crippen LogP contribution in [0.25, 0.3) is 0 Å². The number of ether oxygens (including phenoxy) is 1. The lowest BCUT2D eigenvalue weighted by atomic mass is 10.3. The van der Waals surface area contributed by atoms with Crippen LogP contribution in [-0.4, -0.2) is 31.6 Å². The monoisotopic (exact) mass is 330 g/mol. The Balaban J connectivity index is 2.04. The molecule has 0 spiro atoms. The number of carbonyl (C=O) groups is 1. The first-order chi connectivity index (χ1) is 11.0. The maximum atomic E-state index is 12.2. The van der Waals surface area contributed by atoms with Crippen LogP contribution in [0.1, 0.15) is 5.69 Å². The van der Waals surface area contributed by atoms with Gasteiger partial charge in [-0.3, -0.25) is 4.79 Å². The summed E-state index contributed by atoms with van der Waals surface area (Å²) in [5.41, 5.74) is 1.57. The summed E-state index contributed by atoms with van der Waals surface area (Å²) in [6, 6.07) is 10.3. The molecule has 2 aromatic rings. The molecule has 1 amide bonds. The smallest absolute Gasteiger partial charge is 0.243 e. The van der Waals surface area contributed by atoms with Crippen molar-refractivity contribution in [1.29, 1.82) is 5.26 Å². The van der Waals surface area contributed by atoms with Crippen LogP contribution >= 0.6 is 11.6 Å². The number of rotatable bonds is 5. The number of hydrogen-bond acceptors (Lipinski definition) is 5. The third kappa shape index (κ3) is 4.34. The molecule has 0 aliphatic heterocycles. The second-order valence-corrected chi connectivity index (χ2v) is 5.20. The van der Waals surface area contributed by atoms with E-state index < -0.39 is 0 Å². The fourth-order valence-electron chi connectivity index (χ4n) is 1.95. The molecule has 0 atom stereocenters. The molecule has 23 heavy (non-hydrogen) atoms. The van der Waals surface area contributed by atoms with Crippen LogP contribution in [0.4, 0.5) is 11.4 Å². The van der Waals surface area contributed by atoms with Crippen LogP contribution in [0.3, 0.4) is 0 Å². The van der Waals surface area contributed by atoms with E-state index >= 15 is 0 Å². The summed E-state index contributed by atoms with van der Waals surface area (Å²) in [6.07, 6.45) is 1.55. The van der Waals surface area contributed by atoms with Gasteiger partial charge in [-0.15, -0.1) is 0 Å². The Kier molecular flexibility index (Phi) is 5.39. The van der Waals surface area contributed by atoms with E-state index in [-0.39, 0.29) is 12.5 Å². The highest BCUT2D eigenvalue weighted by molar-refractivity contribution is 6.31. The van der Waals surface area contributed by atoms with Gasteiger partial charge in [0.2, 0.25) is 5.91 Å². The van der Waals surface area contributed by atoms with Crippen molar-refractivity contribution < 1.29 is 9.53 Å². The Labute approximate surface area is 139 Å². The van der Waals surface area contributed by atoms with Crippen LogP contribution in [0.2, 0.25) is 5.02 Å². The summed E-state index contributed by atoms with van der Waals surface area (Å²) in [6.45, 7) is 0.114. The lowest BCUT2D eigenvalue weighted by molar-refractivity contribution is -0.114. The molecule has 0 fully saturated rings. The Bertz CT molecular complexity index is 741. The fourth-order valence-corrected chi connectivity index (χ4v) is 2.12. The number of pyridine rings is 1. The van der Waals surface area contributed by atoms with Gasteiger partial charge in [-0.05, 0) is 30.3 Å². The van der Waals surface area contributed by atoms with Gasteiger partial charge in [0, 0.05) is 12.1 Å². The molecule has 0 unspecified atom stereocenters. The number of likely N-dealkylation sites (N-methyl/N-ethyl adjacent to an activating group) is 1. The topological polar surface area (TPSA) is 78.2 Å². The quantitative estimate of drug-likeness (QED) is 0.912. The standard InChI is InChI=1S/C16H15ClN4O2/c1-21(13-5-4-12(8-18)19-9-13)10-16(22)20-14-7-11(17)3-6-15(14)23-2/h3-7,9H,10H2,1-2H3,(H,20,22). The molecule has 118 valence electrons. The molecule has 0 saturated carbocycles. The largest absolute Gasteiger partial charge is 0.495 e. The lowest BCUT2D eigenvalue weighted by Gasteiger charge is -2.19. The van der Waals surface area contributed by atoms with Crippen molar-refractivity contribution in [2.75, 3.05) is 30.9 Å². The minimum Gasteiger partial charge on any atom is -0.495 e.